The Morgan fingerprint density at radius 1 is 1.52 bits per heavy atom. The van der Waals surface area contributed by atoms with Crippen LogP contribution in [0.1, 0.15) is 12.0 Å². The minimum atomic E-state index is -0.523. The van der Waals surface area contributed by atoms with Gasteiger partial charge in [0.15, 0.2) is 0 Å². The van der Waals surface area contributed by atoms with Gasteiger partial charge < -0.3 is 10.2 Å². The molecule has 5 nitrogen and oxygen atoms in total. The molecule has 0 aliphatic carbocycles. The van der Waals surface area contributed by atoms with E-state index in [2.05, 4.69) is 17.0 Å². The Morgan fingerprint density at radius 3 is 3.04 bits per heavy atom. The van der Waals surface area contributed by atoms with E-state index >= 15 is 0 Å². The van der Waals surface area contributed by atoms with Crippen LogP contribution >= 0.6 is 11.6 Å². The highest BCUT2D eigenvalue weighted by molar-refractivity contribution is 6.30. The first-order valence-corrected chi connectivity index (χ1v) is 7.61. The molecule has 1 saturated heterocycles. The summed E-state index contributed by atoms with van der Waals surface area (Å²) in [6.45, 7) is 4.71. The highest BCUT2D eigenvalue weighted by Gasteiger charge is 2.32. The third kappa shape index (κ3) is 3.28. The number of hydrogen-bond donors (Lipinski definition) is 1. The van der Waals surface area contributed by atoms with Gasteiger partial charge in [-0.2, -0.15) is 5.10 Å². The van der Waals surface area contributed by atoms with E-state index < -0.39 is 5.82 Å². The number of carbonyl (C=O) groups excluding carboxylic acids is 1. The minimum absolute atomic E-state index is 0.0503. The predicted octanol–water partition coefficient (Wildman–Crippen LogP) is 2.67. The van der Waals surface area contributed by atoms with Crippen LogP contribution in [0.4, 0.5) is 10.1 Å². The molecule has 0 spiro atoms. The second-order valence-electron chi connectivity index (χ2n) is 5.32. The molecule has 1 aromatic heterocycles. The van der Waals surface area contributed by atoms with Crippen molar-refractivity contribution in [3.05, 3.63) is 53.6 Å². The number of amides is 1. The number of rotatable bonds is 5. The number of carbonyl (C=O) groups is 1. The van der Waals surface area contributed by atoms with Gasteiger partial charge in [-0.25, -0.2) is 9.07 Å². The summed E-state index contributed by atoms with van der Waals surface area (Å²) in [6, 6.07) is 4.11. The van der Waals surface area contributed by atoms with E-state index in [1.807, 2.05) is 6.20 Å². The number of hydrogen-bond acceptors (Lipinski definition) is 3. The quantitative estimate of drug-likeness (QED) is 0.914. The van der Waals surface area contributed by atoms with Gasteiger partial charge in [0.1, 0.15) is 5.82 Å². The molecule has 1 aliphatic heterocycles. The predicted molar refractivity (Wildman–Crippen MR) is 87.6 cm³/mol. The molecule has 1 fully saturated rings. The molecule has 1 aliphatic rings. The molecule has 1 atom stereocenters. The zero-order chi connectivity index (χ0) is 16.4. The van der Waals surface area contributed by atoms with Crippen molar-refractivity contribution in [2.75, 3.05) is 11.4 Å². The van der Waals surface area contributed by atoms with Gasteiger partial charge in [-0.15, -0.1) is 0 Å². The van der Waals surface area contributed by atoms with E-state index in [9.17, 15) is 9.18 Å². The van der Waals surface area contributed by atoms with Crippen molar-refractivity contribution in [2.45, 2.75) is 19.0 Å². The normalized spacial score (nSPS) is 17.7. The van der Waals surface area contributed by atoms with Crippen LogP contribution in [0.3, 0.4) is 0 Å². The van der Waals surface area contributed by atoms with E-state index in [4.69, 9.17) is 11.6 Å². The Labute approximate surface area is 138 Å². The average molecular weight is 335 g/mol. The Hall–Kier alpha value is -2.18. The van der Waals surface area contributed by atoms with Crippen molar-refractivity contribution < 1.29 is 9.18 Å². The fraction of sp³-hybridized carbons (Fsp3) is 0.250. The van der Waals surface area contributed by atoms with Crippen LogP contribution in [-0.2, 0) is 11.3 Å². The molecule has 1 amide bonds. The summed E-state index contributed by atoms with van der Waals surface area (Å²) in [7, 11) is 0. The fourth-order valence-corrected chi connectivity index (χ4v) is 2.71. The number of benzene rings is 1. The second-order valence-corrected chi connectivity index (χ2v) is 5.73. The zero-order valence-electron chi connectivity index (χ0n) is 12.4. The number of nitrogens with one attached hydrogen (secondary N) is 1. The molecule has 1 N–H and O–H groups in total. The summed E-state index contributed by atoms with van der Waals surface area (Å²) in [6.07, 6.45) is 5.83. The second kappa shape index (κ2) is 6.52. The van der Waals surface area contributed by atoms with Gasteiger partial charge in [0, 0.05) is 36.7 Å². The van der Waals surface area contributed by atoms with Crippen LogP contribution in [0.2, 0.25) is 5.02 Å². The van der Waals surface area contributed by atoms with E-state index in [-0.39, 0.29) is 17.0 Å². The van der Waals surface area contributed by atoms with Gasteiger partial charge in [-0.3, -0.25) is 4.79 Å². The molecule has 0 bridgehead atoms. The Balaban J connectivity index is 1.64. The number of aromatic nitrogens is 2. The first kappa shape index (κ1) is 15.7. The largest absolute Gasteiger partial charge is 0.311 e. The van der Waals surface area contributed by atoms with Crippen molar-refractivity contribution >= 4 is 29.4 Å². The van der Waals surface area contributed by atoms with Gasteiger partial charge in [0.05, 0.1) is 17.3 Å². The third-order valence-electron chi connectivity index (χ3n) is 3.81. The maximum absolute atomic E-state index is 13.6. The smallest absolute Gasteiger partial charge is 0.244 e. The summed E-state index contributed by atoms with van der Waals surface area (Å²) in [5.74, 6) is -0.590. The van der Waals surface area contributed by atoms with E-state index in [0.717, 1.165) is 5.56 Å². The Kier molecular flexibility index (Phi) is 4.45. The lowest BCUT2D eigenvalue weighted by Crippen LogP contribution is -2.37. The first-order chi connectivity index (χ1) is 11.1. The first-order valence-electron chi connectivity index (χ1n) is 7.24. The lowest BCUT2D eigenvalue weighted by atomic mass is 10.2. The van der Waals surface area contributed by atoms with Crippen LogP contribution < -0.4 is 10.2 Å². The van der Waals surface area contributed by atoms with Crippen LogP contribution in [-0.4, -0.2) is 28.3 Å². The molecule has 120 valence electrons. The van der Waals surface area contributed by atoms with Crippen LogP contribution in [0, 0.1) is 5.82 Å². The summed E-state index contributed by atoms with van der Waals surface area (Å²) < 4.78 is 15.2. The summed E-state index contributed by atoms with van der Waals surface area (Å²) in [5, 5.41) is 7.35. The lowest BCUT2D eigenvalue weighted by Gasteiger charge is -2.17. The summed E-state index contributed by atoms with van der Waals surface area (Å²) >= 11 is 5.68. The van der Waals surface area contributed by atoms with Crippen molar-refractivity contribution in [1.29, 1.82) is 0 Å². The number of halogens is 2. The van der Waals surface area contributed by atoms with Gasteiger partial charge in [-0.1, -0.05) is 18.2 Å². The maximum Gasteiger partial charge on any atom is 0.244 e. The van der Waals surface area contributed by atoms with Crippen molar-refractivity contribution in [1.82, 2.24) is 15.1 Å². The standard InChI is InChI=1S/C16H16ClFN4O/c1-2-21-10-11(9-20-21)8-19-15-5-6-22(16(15)23)12-3-4-13(17)14(18)7-12/h2-4,7,9-10,15,19H,1,5-6,8H2/t15-/m0/s1. The SMILES string of the molecule is C=Cn1cc(CN[C@H]2CCN(c3ccc(Cl)c(F)c3)C2=O)cn1. The third-order valence-corrected chi connectivity index (χ3v) is 4.12. The van der Waals surface area contributed by atoms with E-state index in [1.165, 1.54) is 12.1 Å². The fourth-order valence-electron chi connectivity index (χ4n) is 2.59. The van der Waals surface area contributed by atoms with Crippen molar-refractivity contribution in [3.8, 4) is 0 Å². The highest BCUT2D eigenvalue weighted by atomic mass is 35.5. The van der Waals surface area contributed by atoms with Gasteiger partial charge in [-0.05, 0) is 24.6 Å². The van der Waals surface area contributed by atoms with E-state index in [0.29, 0.717) is 25.2 Å². The summed E-state index contributed by atoms with van der Waals surface area (Å²) in [4.78, 5) is 14.0. The molecule has 0 saturated carbocycles. The molecule has 23 heavy (non-hydrogen) atoms. The van der Waals surface area contributed by atoms with Gasteiger partial charge in [0.25, 0.3) is 0 Å². The topological polar surface area (TPSA) is 50.2 Å². The lowest BCUT2D eigenvalue weighted by molar-refractivity contribution is -0.118. The number of anilines is 1. The molecule has 1 aromatic carbocycles. The van der Waals surface area contributed by atoms with Crippen LogP contribution in [0.25, 0.3) is 6.20 Å². The number of nitrogens with zero attached hydrogens (tertiary/aromatic N) is 3. The van der Waals surface area contributed by atoms with Crippen LogP contribution in [0.15, 0.2) is 37.2 Å². The Bertz CT molecular complexity index is 745. The molecule has 2 aromatic rings. The van der Waals surface area contributed by atoms with Crippen molar-refractivity contribution in [3.63, 3.8) is 0 Å². The Morgan fingerprint density at radius 2 is 2.35 bits per heavy atom. The molecule has 2 heterocycles. The molecular weight excluding hydrogens is 319 g/mol. The van der Waals surface area contributed by atoms with Gasteiger partial charge in [0.2, 0.25) is 5.91 Å². The zero-order valence-corrected chi connectivity index (χ0v) is 13.1. The maximum atomic E-state index is 13.6. The van der Waals surface area contributed by atoms with E-state index in [1.54, 1.807) is 28.0 Å². The highest BCUT2D eigenvalue weighted by Crippen LogP contribution is 2.25. The monoisotopic (exact) mass is 334 g/mol. The van der Waals surface area contributed by atoms with Gasteiger partial charge >= 0.3 is 0 Å². The molecule has 0 radical (unpaired) electrons. The average Bonchev–Trinajstić information content (AvgIpc) is 3.15. The van der Waals surface area contributed by atoms with Crippen LogP contribution in [0.5, 0.6) is 0 Å². The molecule has 3 rings (SSSR count). The minimum Gasteiger partial charge on any atom is -0.311 e. The van der Waals surface area contributed by atoms with Crippen molar-refractivity contribution in [2.24, 2.45) is 0 Å². The molecule has 0 unspecified atom stereocenters. The molecule has 7 heteroatoms. The molecular formula is C16H16ClFN4O. The summed E-state index contributed by atoms with van der Waals surface area (Å²) in [5.41, 5.74) is 1.49.